The summed E-state index contributed by atoms with van der Waals surface area (Å²) in [5, 5.41) is 11.0. The van der Waals surface area contributed by atoms with Crippen molar-refractivity contribution in [2.75, 3.05) is 7.11 Å². The number of aliphatic hydroxyl groups is 1. The second-order valence-electron chi connectivity index (χ2n) is 6.55. The lowest BCUT2D eigenvalue weighted by Gasteiger charge is -2.37. The molecule has 1 aromatic carbocycles. The van der Waals surface area contributed by atoms with Gasteiger partial charge in [0.25, 0.3) is 0 Å². The highest BCUT2D eigenvalue weighted by Crippen LogP contribution is 2.47. The molecule has 0 radical (unpaired) electrons. The molecule has 2 nitrogen and oxygen atoms in total. The van der Waals surface area contributed by atoms with Crippen LogP contribution in [0.4, 0.5) is 0 Å². The van der Waals surface area contributed by atoms with Crippen molar-refractivity contribution >= 4 is 15.9 Å². The number of rotatable bonds is 4. The minimum atomic E-state index is -0.542. The van der Waals surface area contributed by atoms with E-state index in [9.17, 15) is 5.11 Å². The second kappa shape index (κ2) is 5.69. The van der Waals surface area contributed by atoms with E-state index in [-0.39, 0.29) is 0 Å². The van der Waals surface area contributed by atoms with Crippen LogP contribution < -0.4 is 4.74 Å². The zero-order valence-corrected chi connectivity index (χ0v) is 13.7. The predicted octanol–water partition coefficient (Wildman–Crippen LogP) is 4.33. The van der Waals surface area contributed by atoms with Gasteiger partial charge in [0.2, 0.25) is 0 Å². The molecule has 20 heavy (non-hydrogen) atoms. The Bertz CT molecular complexity index is 484. The Morgan fingerprint density at radius 1 is 1.30 bits per heavy atom. The maximum Gasteiger partial charge on any atom is 0.122 e. The molecule has 2 aliphatic rings. The highest BCUT2D eigenvalue weighted by Gasteiger charge is 2.41. The fraction of sp³-hybridized carbons (Fsp3) is 0.647. The van der Waals surface area contributed by atoms with Crippen molar-refractivity contribution in [3.63, 3.8) is 0 Å². The third kappa shape index (κ3) is 3.20. The Hall–Kier alpha value is -0.540. The molecule has 3 heteroatoms. The van der Waals surface area contributed by atoms with E-state index in [2.05, 4.69) is 22.0 Å². The Kier molecular flexibility index (Phi) is 4.09. The molecule has 2 atom stereocenters. The summed E-state index contributed by atoms with van der Waals surface area (Å²) in [6.07, 6.45) is 7.82. The maximum absolute atomic E-state index is 11.0. The van der Waals surface area contributed by atoms with Crippen LogP contribution in [0.25, 0.3) is 0 Å². The van der Waals surface area contributed by atoms with Gasteiger partial charge in [0.15, 0.2) is 0 Å². The van der Waals surface area contributed by atoms with E-state index in [1.54, 1.807) is 7.11 Å². The minimum absolute atomic E-state index is 0.542. The summed E-state index contributed by atoms with van der Waals surface area (Å²) < 4.78 is 6.49. The number of hydrogen-bond donors (Lipinski definition) is 1. The van der Waals surface area contributed by atoms with E-state index in [1.807, 2.05) is 12.1 Å². The molecule has 110 valence electrons. The van der Waals surface area contributed by atoms with Gasteiger partial charge in [0.1, 0.15) is 5.75 Å². The van der Waals surface area contributed by atoms with Crippen LogP contribution in [0, 0.1) is 11.8 Å². The van der Waals surface area contributed by atoms with E-state index >= 15 is 0 Å². The monoisotopic (exact) mass is 338 g/mol. The second-order valence-corrected chi connectivity index (χ2v) is 7.47. The Labute approximate surface area is 129 Å². The zero-order valence-electron chi connectivity index (χ0n) is 12.1. The standard InChI is InChI=1S/C17H23BrO2/c1-20-16-7-6-15(18)9-14(16)11-17(19)8-2-3-13(10-17)12-4-5-12/h6-7,9,12-13,19H,2-5,8,10-11H2,1H3. The predicted molar refractivity (Wildman–Crippen MR) is 84.0 cm³/mol. The van der Waals surface area contributed by atoms with E-state index in [1.165, 1.54) is 19.3 Å². The van der Waals surface area contributed by atoms with Crippen LogP contribution >= 0.6 is 15.9 Å². The molecule has 3 rings (SSSR count). The van der Waals surface area contributed by atoms with Gasteiger partial charge in [-0.25, -0.2) is 0 Å². The molecule has 2 saturated carbocycles. The molecule has 0 spiro atoms. The first-order chi connectivity index (χ1) is 9.59. The van der Waals surface area contributed by atoms with Gasteiger partial charge < -0.3 is 9.84 Å². The van der Waals surface area contributed by atoms with Gasteiger partial charge >= 0.3 is 0 Å². The lowest BCUT2D eigenvalue weighted by atomic mass is 9.73. The number of benzene rings is 1. The minimum Gasteiger partial charge on any atom is -0.496 e. The van der Waals surface area contributed by atoms with Crippen molar-refractivity contribution in [3.8, 4) is 5.75 Å². The summed E-state index contributed by atoms with van der Waals surface area (Å²) in [7, 11) is 1.70. The Balaban J connectivity index is 1.76. The molecule has 0 aliphatic heterocycles. The van der Waals surface area contributed by atoms with E-state index in [0.717, 1.165) is 46.9 Å². The van der Waals surface area contributed by atoms with Crippen molar-refractivity contribution in [3.05, 3.63) is 28.2 Å². The van der Waals surface area contributed by atoms with Gasteiger partial charge in [-0.2, -0.15) is 0 Å². The summed E-state index contributed by atoms with van der Waals surface area (Å²) in [5.74, 6) is 2.52. The van der Waals surface area contributed by atoms with Crippen molar-refractivity contribution in [1.29, 1.82) is 0 Å². The molecular weight excluding hydrogens is 316 g/mol. The molecule has 0 amide bonds. The quantitative estimate of drug-likeness (QED) is 0.885. The highest BCUT2D eigenvalue weighted by molar-refractivity contribution is 9.10. The summed E-state index contributed by atoms with van der Waals surface area (Å²) in [5.41, 5.74) is 0.570. The fourth-order valence-electron chi connectivity index (χ4n) is 3.76. The van der Waals surface area contributed by atoms with E-state index in [0.29, 0.717) is 6.42 Å². The van der Waals surface area contributed by atoms with Crippen LogP contribution in [-0.2, 0) is 6.42 Å². The topological polar surface area (TPSA) is 29.5 Å². The Morgan fingerprint density at radius 2 is 2.10 bits per heavy atom. The summed E-state index contributed by atoms with van der Waals surface area (Å²) in [6, 6.07) is 6.04. The normalized spacial score (nSPS) is 30.2. The molecule has 1 aromatic rings. The van der Waals surface area contributed by atoms with Crippen molar-refractivity contribution in [2.45, 2.75) is 50.5 Å². The molecule has 1 N–H and O–H groups in total. The molecule has 0 aromatic heterocycles. The van der Waals surface area contributed by atoms with E-state index in [4.69, 9.17) is 4.74 Å². The smallest absolute Gasteiger partial charge is 0.122 e. The molecule has 0 heterocycles. The molecule has 0 bridgehead atoms. The third-order valence-electron chi connectivity index (χ3n) is 4.91. The first-order valence-electron chi connectivity index (χ1n) is 7.64. The van der Waals surface area contributed by atoms with Crippen LogP contribution in [0.2, 0.25) is 0 Å². The van der Waals surface area contributed by atoms with Gasteiger partial charge in [-0.3, -0.25) is 0 Å². The lowest BCUT2D eigenvalue weighted by Crippen LogP contribution is -2.38. The van der Waals surface area contributed by atoms with Crippen LogP contribution in [0.15, 0.2) is 22.7 Å². The molecule has 2 aliphatic carbocycles. The van der Waals surface area contributed by atoms with Gasteiger partial charge in [-0.1, -0.05) is 22.4 Å². The van der Waals surface area contributed by atoms with Crippen LogP contribution in [0.1, 0.15) is 44.1 Å². The average molecular weight is 339 g/mol. The van der Waals surface area contributed by atoms with Crippen LogP contribution in [-0.4, -0.2) is 17.8 Å². The van der Waals surface area contributed by atoms with Gasteiger partial charge in [0.05, 0.1) is 12.7 Å². The zero-order chi connectivity index (χ0) is 14.2. The van der Waals surface area contributed by atoms with E-state index < -0.39 is 5.60 Å². The van der Waals surface area contributed by atoms with Gasteiger partial charge in [-0.05, 0) is 67.7 Å². The average Bonchev–Trinajstić information content (AvgIpc) is 3.23. The number of ether oxygens (including phenoxy) is 1. The highest BCUT2D eigenvalue weighted by atomic mass is 79.9. The molecule has 2 unspecified atom stereocenters. The van der Waals surface area contributed by atoms with Crippen LogP contribution in [0.3, 0.4) is 0 Å². The number of halogens is 1. The number of hydrogen-bond acceptors (Lipinski definition) is 2. The SMILES string of the molecule is COc1ccc(Br)cc1CC1(O)CCCC(C2CC2)C1. The summed E-state index contributed by atoms with van der Waals surface area (Å²) in [6.45, 7) is 0. The third-order valence-corrected chi connectivity index (χ3v) is 5.40. The molecule has 0 saturated heterocycles. The van der Waals surface area contributed by atoms with Gasteiger partial charge in [0, 0.05) is 10.9 Å². The first-order valence-corrected chi connectivity index (χ1v) is 8.44. The molecular formula is C17H23BrO2. The van der Waals surface area contributed by atoms with Crippen molar-refractivity contribution < 1.29 is 9.84 Å². The van der Waals surface area contributed by atoms with Crippen LogP contribution in [0.5, 0.6) is 5.75 Å². The van der Waals surface area contributed by atoms with Gasteiger partial charge in [-0.15, -0.1) is 0 Å². The largest absolute Gasteiger partial charge is 0.496 e. The fourth-order valence-corrected chi connectivity index (χ4v) is 4.16. The number of methoxy groups -OCH3 is 1. The first kappa shape index (κ1) is 14.4. The van der Waals surface area contributed by atoms with Crippen molar-refractivity contribution in [2.24, 2.45) is 11.8 Å². The Morgan fingerprint density at radius 3 is 2.80 bits per heavy atom. The summed E-state index contributed by atoms with van der Waals surface area (Å²) in [4.78, 5) is 0. The molecule has 2 fully saturated rings. The maximum atomic E-state index is 11.0. The summed E-state index contributed by atoms with van der Waals surface area (Å²) >= 11 is 3.52. The van der Waals surface area contributed by atoms with Crippen molar-refractivity contribution in [1.82, 2.24) is 0 Å². The lowest BCUT2D eigenvalue weighted by molar-refractivity contribution is -0.0199.